The van der Waals surface area contributed by atoms with Crippen molar-refractivity contribution in [3.8, 4) is 0 Å². The minimum Gasteiger partial charge on any atom is -0.368 e. The number of hydrogen-bond donors (Lipinski definition) is 2. The van der Waals surface area contributed by atoms with E-state index in [9.17, 15) is 14.0 Å². The molecule has 2 amide bonds. The number of nitrogens with zero attached hydrogens (tertiary/aromatic N) is 3. The molecule has 1 aromatic rings. The molecule has 0 saturated carbocycles. The number of hydrazone groups is 1. The van der Waals surface area contributed by atoms with E-state index in [4.69, 9.17) is 5.73 Å². The van der Waals surface area contributed by atoms with Gasteiger partial charge in [0.25, 0.3) is 5.91 Å². The van der Waals surface area contributed by atoms with E-state index in [2.05, 4.69) is 29.2 Å². The van der Waals surface area contributed by atoms with Gasteiger partial charge in [-0.1, -0.05) is 13.8 Å². The zero-order valence-electron chi connectivity index (χ0n) is 14.5. The minimum absolute atomic E-state index is 0.129. The molecular weight excluding hydrogens is 325 g/mol. The van der Waals surface area contributed by atoms with Gasteiger partial charge in [-0.05, 0) is 37.4 Å². The van der Waals surface area contributed by atoms with Gasteiger partial charge in [0.2, 0.25) is 5.91 Å². The van der Waals surface area contributed by atoms with E-state index in [1.807, 2.05) is 0 Å². The van der Waals surface area contributed by atoms with Gasteiger partial charge in [-0.3, -0.25) is 14.6 Å². The molecule has 3 N–H and O–H groups in total. The zero-order valence-corrected chi connectivity index (χ0v) is 14.5. The van der Waals surface area contributed by atoms with Gasteiger partial charge in [-0.2, -0.15) is 5.10 Å². The number of rotatable bonds is 8. The van der Waals surface area contributed by atoms with Crippen LogP contribution in [0.2, 0.25) is 0 Å². The molecule has 0 aromatic heterocycles. The molecule has 7 nitrogen and oxygen atoms in total. The van der Waals surface area contributed by atoms with Gasteiger partial charge >= 0.3 is 0 Å². The van der Waals surface area contributed by atoms with Crippen molar-refractivity contribution in [3.05, 3.63) is 30.1 Å². The molecule has 0 aliphatic carbocycles. The fourth-order valence-electron chi connectivity index (χ4n) is 2.67. The van der Waals surface area contributed by atoms with E-state index in [1.165, 1.54) is 29.3 Å². The van der Waals surface area contributed by atoms with Gasteiger partial charge in [0.15, 0.2) is 0 Å². The predicted molar refractivity (Wildman–Crippen MR) is 94.7 cm³/mol. The Bertz CT molecular complexity index is 643. The number of benzene rings is 1. The maximum absolute atomic E-state index is 13.1. The highest BCUT2D eigenvalue weighted by Crippen LogP contribution is 2.24. The molecule has 1 atom stereocenters. The van der Waals surface area contributed by atoms with Crippen LogP contribution in [-0.4, -0.2) is 54.6 Å². The van der Waals surface area contributed by atoms with Crippen LogP contribution < -0.4 is 16.1 Å². The van der Waals surface area contributed by atoms with Crippen molar-refractivity contribution in [1.29, 1.82) is 0 Å². The van der Waals surface area contributed by atoms with Gasteiger partial charge in [0.05, 0.1) is 5.69 Å². The van der Waals surface area contributed by atoms with Crippen molar-refractivity contribution in [1.82, 2.24) is 10.2 Å². The Morgan fingerprint density at radius 3 is 2.52 bits per heavy atom. The lowest BCUT2D eigenvalue weighted by atomic mass is 10.1. The first-order chi connectivity index (χ1) is 12.0. The van der Waals surface area contributed by atoms with Gasteiger partial charge in [0.1, 0.15) is 17.6 Å². The highest BCUT2D eigenvalue weighted by Gasteiger charge is 2.34. The number of halogens is 1. The summed E-state index contributed by atoms with van der Waals surface area (Å²) >= 11 is 0. The lowest BCUT2D eigenvalue weighted by molar-refractivity contribution is -0.119. The number of carbonyl (C=O) groups is 2. The second-order valence-corrected chi connectivity index (χ2v) is 5.77. The fraction of sp³-hybridized carbons (Fsp3) is 0.471. The third kappa shape index (κ3) is 4.76. The monoisotopic (exact) mass is 349 g/mol. The molecule has 0 saturated heterocycles. The summed E-state index contributed by atoms with van der Waals surface area (Å²) in [6.45, 7) is 7.18. The lowest BCUT2D eigenvalue weighted by Gasteiger charge is -2.20. The van der Waals surface area contributed by atoms with Crippen LogP contribution in [0, 0.1) is 5.82 Å². The van der Waals surface area contributed by atoms with Gasteiger partial charge in [-0.25, -0.2) is 4.39 Å². The van der Waals surface area contributed by atoms with Crippen LogP contribution in [0.3, 0.4) is 0 Å². The van der Waals surface area contributed by atoms with Crippen molar-refractivity contribution >= 4 is 23.2 Å². The smallest absolute Gasteiger partial charge is 0.267 e. The summed E-state index contributed by atoms with van der Waals surface area (Å²) in [5, 5.41) is 8.42. The van der Waals surface area contributed by atoms with Crippen LogP contribution >= 0.6 is 0 Å². The van der Waals surface area contributed by atoms with E-state index in [0.29, 0.717) is 12.2 Å². The average Bonchev–Trinajstić information content (AvgIpc) is 3.05. The number of nitrogens with two attached hydrogens (primary N) is 1. The molecule has 25 heavy (non-hydrogen) atoms. The van der Waals surface area contributed by atoms with E-state index < -0.39 is 17.8 Å². The molecule has 0 spiro atoms. The zero-order chi connectivity index (χ0) is 18.4. The van der Waals surface area contributed by atoms with E-state index in [0.717, 1.165) is 19.6 Å². The van der Waals surface area contributed by atoms with E-state index in [1.54, 1.807) is 0 Å². The SMILES string of the molecule is CCN(CC)CCNC(=O)C1=NN(c2ccc(F)cc2)C(C(N)=O)C1. The molecule has 1 unspecified atom stereocenters. The number of carbonyl (C=O) groups excluding carboxylic acids is 2. The topological polar surface area (TPSA) is 91.0 Å². The van der Waals surface area contributed by atoms with Crippen LogP contribution in [0.4, 0.5) is 10.1 Å². The lowest BCUT2D eigenvalue weighted by Crippen LogP contribution is -2.40. The van der Waals surface area contributed by atoms with Crippen LogP contribution in [-0.2, 0) is 9.59 Å². The molecule has 0 fully saturated rings. The molecule has 1 heterocycles. The summed E-state index contributed by atoms with van der Waals surface area (Å²) < 4.78 is 13.1. The summed E-state index contributed by atoms with van der Waals surface area (Å²) in [4.78, 5) is 26.2. The Hall–Kier alpha value is -2.48. The van der Waals surface area contributed by atoms with Crippen molar-refractivity contribution < 1.29 is 14.0 Å². The Morgan fingerprint density at radius 2 is 1.96 bits per heavy atom. The summed E-state index contributed by atoms with van der Waals surface area (Å²) in [5.74, 6) is -1.29. The summed E-state index contributed by atoms with van der Waals surface area (Å²) in [6, 6.07) is 4.77. The molecule has 0 radical (unpaired) electrons. The Labute approximate surface area is 146 Å². The molecule has 1 aromatic carbocycles. The van der Waals surface area contributed by atoms with Crippen LogP contribution in [0.1, 0.15) is 20.3 Å². The molecule has 8 heteroatoms. The number of anilines is 1. The molecule has 1 aliphatic heterocycles. The second-order valence-electron chi connectivity index (χ2n) is 5.77. The highest BCUT2D eigenvalue weighted by molar-refractivity contribution is 6.40. The number of hydrogen-bond acceptors (Lipinski definition) is 5. The Morgan fingerprint density at radius 1 is 1.32 bits per heavy atom. The maximum atomic E-state index is 13.1. The first-order valence-electron chi connectivity index (χ1n) is 8.38. The van der Waals surface area contributed by atoms with Gasteiger partial charge in [-0.15, -0.1) is 0 Å². The van der Waals surface area contributed by atoms with Crippen LogP contribution in [0.25, 0.3) is 0 Å². The second kappa shape index (κ2) is 8.57. The number of likely N-dealkylation sites (N-methyl/N-ethyl adjacent to an activating group) is 1. The fourth-order valence-corrected chi connectivity index (χ4v) is 2.67. The molecule has 0 bridgehead atoms. The summed E-state index contributed by atoms with van der Waals surface area (Å²) in [6.07, 6.45) is 0.129. The normalized spacial score (nSPS) is 16.9. The quantitative estimate of drug-likeness (QED) is 0.723. The summed E-state index contributed by atoms with van der Waals surface area (Å²) in [7, 11) is 0. The minimum atomic E-state index is -0.756. The number of nitrogens with one attached hydrogen (secondary N) is 1. The van der Waals surface area contributed by atoms with Gasteiger partial charge in [0, 0.05) is 19.5 Å². The largest absolute Gasteiger partial charge is 0.368 e. The number of amides is 2. The third-order valence-corrected chi connectivity index (χ3v) is 4.20. The Balaban J connectivity index is 2.05. The van der Waals surface area contributed by atoms with Crippen LogP contribution in [0.5, 0.6) is 0 Å². The first kappa shape index (κ1) is 18.9. The standard InChI is InChI=1S/C17H24FN5O2/c1-3-22(4-2)10-9-20-17(25)14-11-15(16(19)24)23(21-14)13-7-5-12(18)6-8-13/h5-8,15H,3-4,9-11H2,1-2H3,(H2,19,24)(H,20,25). The molecular formula is C17H24FN5O2. The molecule has 2 rings (SSSR count). The molecule has 1 aliphatic rings. The van der Waals surface area contributed by atoms with E-state index >= 15 is 0 Å². The van der Waals surface area contributed by atoms with Crippen molar-refractivity contribution in [2.45, 2.75) is 26.3 Å². The Kier molecular flexibility index (Phi) is 6.46. The first-order valence-corrected chi connectivity index (χ1v) is 8.38. The van der Waals surface area contributed by atoms with Crippen LogP contribution in [0.15, 0.2) is 29.4 Å². The third-order valence-electron chi connectivity index (χ3n) is 4.20. The maximum Gasteiger partial charge on any atom is 0.267 e. The highest BCUT2D eigenvalue weighted by atomic mass is 19.1. The van der Waals surface area contributed by atoms with Crippen molar-refractivity contribution in [2.24, 2.45) is 10.8 Å². The predicted octanol–water partition coefficient (Wildman–Crippen LogP) is 0.704. The molecule has 136 valence electrons. The van der Waals surface area contributed by atoms with Crippen molar-refractivity contribution in [3.63, 3.8) is 0 Å². The average molecular weight is 349 g/mol. The van der Waals surface area contributed by atoms with Crippen molar-refractivity contribution in [2.75, 3.05) is 31.2 Å². The summed E-state index contributed by atoms with van der Waals surface area (Å²) in [5.41, 5.74) is 6.18. The van der Waals surface area contributed by atoms with Gasteiger partial charge < -0.3 is 16.0 Å². The number of primary amides is 1. The van der Waals surface area contributed by atoms with E-state index in [-0.39, 0.29) is 18.0 Å².